The van der Waals surface area contributed by atoms with E-state index >= 15 is 0 Å². The second-order valence-electron chi connectivity index (χ2n) is 5.94. The Morgan fingerprint density at radius 3 is 3.15 bits per heavy atom. The number of hydrogen-bond acceptors (Lipinski definition) is 2. The number of fused-ring (bicyclic) bond motifs is 1. The van der Waals surface area contributed by atoms with E-state index in [1.165, 1.54) is 18.4 Å². The molecule has 0 spiro atoms. The van der Waals surface area contributed by atoms with Gasteiger partial charge < -0.3 is 15.4 Å². The van der Waals surface area contributed by atoms with Crippen molar-refractivity contribution in [3.63, 3.8) is 0 Å². The topological polar surface area (TPSA) is 50.8 Å². The van der Waals surface area contributed by atoms with E-state index in [0.717, 1.165) is 18.8 Å². The lowest BCUT2D eigenvalue weighted by molar-refractivity contribution is 0.270. The molecule has 1 aromatic rings. The molecule has 0 saturated carbocycles. The first-order chi connectivity index (χ1) is 9.74. The first kappa shape index (κ1) is 13.3. The minimum Gasteiger partial charge on any atom is -0.493 e. The van der Waals surface area contributed by atoms with Gasteiger partial charge in [0.15, 0.2) is 5.96 Å². The summed E-state index contributed by atoms with van der Waals surface area (Å²) in [7, 11) is 0. The van der Waals surface area contributed by atoms with Crippen LogP contribution in [0.4, 0.5) is 0 Å². The first-order valence-electron chi connectivity index (χ1n) is 7.50. The molecule has 0 amide bonds. The van der Waals surface area contributed by atoms with Gasteiger partial charge >= 0.3 is 0 Å². The van der Waals surface area contributed by atoms with E-state index in [9.17, 15) is 0 Å². The van der Waals surface area contributed by atoms with Crippen LogP contribution in [0.15, 0.2) is 29.3 Å². The summed E-state index contributed by atoms with van der Waals surface area (Å²) >= 11 is 0. The van der Waals surface area contributed by atoms with E-state index in [2.05, 4.69) is 28.9 Å². The Bertz CT molecular complexity index is 500. The second kappa shape index (κ2) is 5.73. The molecule has 2 aliphatic heterocycles. The number of guanidine groups is 1. The zero-order valence-corrected chi connectivity index (χ0v) is 12.1. The fourth-order valence-electron chi connectivity index (χ4n) is 3.08. The first-order valence-corrected chi connectivity index (χ1v) is 7.50. The summed E-state index contributed by atoms with van der Waals surface area (Å²) in [5, 5.41) is 0. The largest absolute Gasteiger partial charge is 0.493 e. The highest BCUT2D eigenvalue weighted by atomic mass is 16.5. The van der Waals surface area contributed by atoms with Gasteiger partial charge in [0.2, 0.25) is 0 Å². The minimum atomic E-state index is 0.340. The van der Waals surface area contributed by atoms with Crippen molar-refractivity contribution in [2.75, 3.05) is 26.2 Å². The van der Waals surface area contributed by atoms with Gasteiger partial charge in [-0.1, -0.05) is 25.1 Å². The molecule has 2 atom stereocenters. The Morgan fingerprint density at radius 2 is 2.30 bits per heavy atom. The summed E-state index contributed by atoms with van der Waals surface area (Å²) in [4.78, 5) is 6.82. The number of benzene rings is 1. The monoisotopic (exact) mass is 273 g/mol. The van der Waals surface area contributed by atoms with E-state index in [1.54, 1.807) is 0 Å². The molecule has 1 aromatic carbocycles. The number of nitrogens with zero attached hydrogens (tertiary/aromatic N) is 2. The van der Waals surface area contributed by atoms with Gasteiger partial charge in [-0.15, -0.1) is 0 Å². The number of ether oxygens (including phenoxy) is 1. The summed E-state index contributed by atoms with van der Waals surface area (Å²) < 4.78 is 5.68. The van der Waals surface area contributed by atoms with Gasteiger partial charge in [0.05, 0.1) is 13.2 Å². The zero-order chi connectivity index (χ0) is 13.9. The number of piperidine rings is 1. The number of hydrogen-bond donors (Lipinski definition) is 1. The third kappa shape index (κ3) is 2.74. The van der Waals surface area contributed by atoms with Crippen LogP contribution in [0.25, 0.3) is 0 Å². The summed E-state index contributed by atoms with van der Waals surface area (Å²) in [6, 6.07) is 8.21. The maximum Gasteiger partial charge on any atom is 0.191 e. The summed E-state index contributed by atoms with van der Waals surface area (Å²) in [6.45, 7) is 5.78. The number of aliphatic imine (C=N–C) groups is 1. The maximum absolute atomic E-state index is 6.14. The Balaban J connectivity index is 1.63. The van der Waals surface area contributed by atoms with Gasteiger partial charge in [0.1, 0.15) is 5.75 Å². The van der Waals surface area contributed by atoms with Gasteiger partial charge in [-0.05, 0) is 24.8 Å². The Kier molecular flexibility index (Phi) is 3.81. The van der Waals surface area contributed by atoms with Crippen molar-refractivity contribution >= 4 is 5.96 Å². The highest BCUT2D eigenvalue weighted by Gasteiger charge is 2.24. The third-order valence-electron chi connectivity index (χ3n) is 4.25. The molecule has 2 N–H and O–H groups in total. The lowest BCUT2D eigenvalue weighted by Gasteiger charge is -2.31. The van der Waals surface area contributed by atoms with E-state index in [0.29, 0.717) is 30.9 Å². The normalized spacial score (nSPS) is 26.2. The molecule has 2 aliphatic rings. The standard InChI is InChI=1S/C16H23N3O/c1-12-5-4-8-19(10-12)16(17)18-9-13-11-20-15-7-3-2-6-14(13)15/h2-3,6-7,12-13H,4-5,8-11H2,1H3,(H2,17,18). The Hall–Kier alpha value is -1.71. The highest BCUT2D eigenvalue weighted by Crippen LogP contribution is 2.33. The lowest BCUT2D eigenvalue weighted by Crippen LogP contribution is -2.43. The fraction of sp³-hybridized carbons (Fsp3) is 0.562. The lowest BCUT2D eigenvalue weighted by atomic mass is 10.0. The van der Waals surface area contributed by atoms with Gasteiger partial charge in [0.25, 0.3) is 0 Å². The van der Waals surface area contributed by atoms with Crippen LogP contribution in [0.1, 0.15) is 31.2 Å². The smallest absolute Gasteiger partial charge is 0.191 e. The molecule has 4 heteroatoms. The van der Waals surface area contributed by atoms with Crippen LogP contribution < -0.4 is 10.5 Å². The SMILES string of the molecule is CC1CCCN(C(N)=NCC2COc3ccccc32)C1. The van der Waals surface area contributed by atoms with Crippen LogP contribution in [0.3, 0.4) is 0 Å². The average Bonchev–Trinajstić information content (AvgIpc) is 2.88. The summed E-state index contributed by atoms with van der Waals surface area (Å²) in [6.07, 6.45) is 2.51. The van der Waals surface area contributed by atoms with E-state index < -0.39 is 0 Å². The van der Waals surface area contributed by atoms with Crippen LogP contribution in [0, 0.1) is 5.92 Å². The molecule has 3 rings (SSSR count). The zero-order valence-electron chi connectivity index (χ0n) is 12.1. The molecule has 108 valence electrons. The van der Waals surface area contributed by atoms with E-state index in [-0.39, 0.29) is 0 Å². The molecule has 1 saturated heterocycles. The number of nitrogens with two attached hydrogens (primary N) is 1. The van der Waals surface area contributed by atoms with Gasteiger partial charge in [-0.3, -0.25) is 4.99 Å². The van der Waals surface area contributed by atoms with Crippen molar-refractivity contribution in [1.82, 2.24) is 4.90 Å². The third-order valence-corrected chi connectivity index (χ3v) is 4.25. The molecule has 0 bridgehead atoms. The number of likely N-dealkylation sites (tertiary alicyclic amines) is 1. The molecule has 1 fully saturated rings. The van der Waals surface area contributed by atoms with Crippen molar-refractivity contribution in [3.8, 4) is 5.75 Å². The Labute approximate surface area is 120 Å². The summed E-state index contributed by atoms with van der Waals surface area (Å²) in [5.41, 5.74) is 7.40. The van der Waals surface area contributed by atoms with Gasteiger partial charge in [-0.25, -0.2) is 0 Å². The Morgan fingerprint density at radius 1 is 1.45 bits per heavy atom. The quantitative estimate of drug-likeness (QED) is 0.664. The molecule has 20 heavy (non-hydrogen) atoms. The molecule has 2 unspecified atom stereocenters. The molecular formula is C16H23N3O. The van der Waals surface area contributed by atoms with Crippen LogP contribution in [0.2, 0.25) is 0 Å². The predicted molar refractivity (Wildman–Crippen MR) is 81.1 cm³/mol. The molecule has 0 aliphatic carbocycles. The van der Waals surface area contributed by atoms with Crippen molar-refractivity contribution in [2.45, 2.75) is 25.7 Å². The van der Waals surface area contributed by atoms with Crippen molar-refractivity contribution in [3.05, 3.63) is 29.8 Å². The van der Waals surface area contributed by atoms with Crippen LogP contribution >= 0.6 is 0 Å². The molecule has 2 heterocycles. The van der Waals surface area contributed by atoms with Crippen molar-refractivity contribution in [1.29, 1.82) is 0 Å². The van der Waals surface area contributed by atoms with E-state index in [1.807, 2.05) is 12.1 Å². The van der Waals surface area contributed by atoms with E-state index in [4.69, 9.17) is 10.5 Å². The minimum absolute atomic E-state index is 0.340. The van der Waals surface area contributed by atoms with Crippen LogP contribution in [0.5, 0.6) is 5.75 Å². The van der Waals surface area contributed by atoms with Crippen LogP contribution in [-0.2, 0) is 0 Å². The fourth-order valence-corrected chi connectivity index (χ4v) is 3.08. The average molecular weight is 273 g/mol. The molecule has 0 aromatic heterocycles. The van der Waals surface area contributed by atoms with Crippen LogP contribution in [-0.4, -0.2) is 37.1 Å². The maximum atomic E-state index is 6.14. The van der Waals surface area contributed by atoms with Gasteiger partial charge in [0, 0.05) is 24.6 Å². The van der Waals surface area contributed by atoms with Gasteiger partial charge in [-0.2, -0.15) is 0 Å². The highest BCUT2D eigenvalue weighted by molar-refractivity contribution is 5.78. The number of rotatable bonds is 2. The van der Waals surface area contributed by atoms with Crippen molar-refractivity contribution < 1.29 is 4.74 Å². The number of para-hydroxylation sites is 1. The predicted octanol–water partition coefficient (Wildman–Crippen LogP) is 2.21. The summed E-state index contributed by atoms with van der Waals surface area (Å²) in [5.74, 6) is 2.75. The molecule has 0 radical (unpaired) electrons. The van der Waals surface area contributed by atoms with Crippen molar-refractivity contribution in [2.24, 2.45) is 16.6 Å². The second-order valence-corrected chi connectivity index (χ2v) is 5.94. The molecule has 4 nitrogen and oxygen atoms in total. The molecular weight excluding hydrogens is 250 g/mol.